The quantitative estimate of drug-likeness (QED) is 0.699. The zero-order valence-corrected chi connectivity index (χ0v) is 16.5. The third-order valence-electron chi connectivity index (χ3n) is 4.51. The number of nitrogens with zero attached hydrogens (tertiary/aromatic N) is 3. The number of aryl methyl sites for hydroxylation is 1. The van der Waals surface area contributed by atoms with Crippen LogP contribution in [0.4, 0.5) is 0 Å². The van der Waals surface area contributed by atoms with Crippen molar-refractivity contribution in [1.82, 2.24) is 14.7 Å². The largest absolute Gasteiger partial charge is 0.366 e. The molecule has 5 heteroatoms. The van der Waals surface area contributed by atoms with E-state index in [-0.39, 0.29) is 11.9 Å². The van der Waals surface area contributed by atoms with Crippen LogP contribution in [-0.2, 0) is 23.2 Å². The van der Waals surface area contributed by atoms with Crippen LogP contribution < -0.4 is 0 Å². The number of Topliss-reactive ketones (excluding diaryl/α,β-unsaturated/α-hetero) is 1. The molecule has 2 heterocycles. The molecule has 1 aromatic heterocycles. The lowest BCUT2D eigenvalue weighted by Gasteiger charge is -2.34. The van der Waals surface area contributed by atoms with Crippen molar-refractivity contribution >= 4 is 5.78 Å². The van der Waals surface area contributed by atoms with Crippen molar-refractivity contribution in [3.05, 3.63) is 65.4 Å². The maximum absolute atomic E-state index is 12.6. The molecule has 0 fully saturated rings. The van der Waals surface area contributed by atoms with Crippen LogP contribution in [0.1, 0.15) is 46.2 Å². The fourth-order valence-electron chi connectivity index (χ4n) is 3.19. The molecule has 2 rings (SSSR count). The number of carbonyl (C=O) groups excluding carboxylic acids is 1. The first kappa shape index (κ1) is 19.9. The summed E-state index contributed by atoms with van der Waals surface area (Å²) in [5.41, 5.74) is 4.48. The Labute approximate surface area is 156 Å². The Kier molecular flexibility index (Phi) is 6.75. The number of rotatable bonds is 8. The first-order valence-corrected chi connectivity index (χ1v) is 9.07. The summed E-state index contributed by atoms with van der Waals surface area (Å²) in [6.45, 7) is 12.3. The summed E-state index contributed by atoms with van der Waals surface area (Å²) in [7, 11) is 1.88. The molecule has 0 bridgehead atoms. The molecule has 0 amide bonds. The van der Waals surface area contributed by atoms with Crippen LogP contribution in [0, 0.1) is 0 Å². The van der Waals surface area contributed by atoms with E-state index in [1.807, 2.05) is 64.1 Å². The maximum Gasteiger partial charge on any atom is 0.163 e. The van der Waals surface area contributed by atoms with Gasteiger partial charge in [-0.05, 0) is 44.9 Å². The second-order valence-corrected chi connectivity index (χ2v) is 6.44. The zero-order valence-electron chi connectivity index (χ0n) is 16.5. The fourth-order valence-corrected chi connectivity index (χ4v) is 3.19. The van der Waals surface area contributed by atoms with Gasteiger partial charge in [-0.3, -0.25) is 9.48 Å². The lowest BCUT2D eigenvalue weighted by atomic mass is 9.92. The minimum Gasteiger partial charge on any atom is -0.366 e. The molecule has 1 unspecified atom stereocenters. The van der Waals surface area contributed by atoms with Crippen molar-refractivity contribution in [3.63, 3.8) is 0 Å². The first-order valence-electron chi connectivity index (χ1n) is 9.07. The minimum absolute atomic E-state index is 0.169. The van der Waals surface area contributed by atoms with Gasteiger partial charge in [-0.15, -0.1) is 0 Å². The van der Waals surface area contributed by atoms with Crippen LogP contribution in [0.5, 0.6) is 0 Å². The maximum atomic E-state index is 12.6. The van der Waals surface area contributed by atoms with E-state index in [9.17, 15) is 4.79 Å². The molecule has 1 aromatic rings. The number of ether oxygens (including phenoxy) is 1. The molecular weight excluding hydrogens is 326 g/mol. The van der Waals surface area contributed by atoms with E-state index in [0.717, 1.165) is 34.7 Å². The van der Waals surface area contributed by atoms with Crippen molar-refractivity contribution in [2.45, 2.75) is 53.2 Å². The number of hydrogen-bond donors (Lipinski definition) is 0. The number of hydrogen-bond acceptors (Lipinski definition) is 4. The molecule has 140 valence electrons. The Hall–Kier alpha value is -2.40. The molecule has 0 aliphatic carbocycles. The molecule has 0 saturated carbocycles. The van der Waals surface area contributed by atoms with Gasteiger partial charge in [0.25, 0.3) is 0 Å². The van der Waals surface area contributed by atoms with Crippen molar-refractivity contribution in [2.75, 3.05) is 0 Å². The third kappa shape index (κ3) is 4.22. The average molecular weight is 355 g/mol. The first-order chi connectivity index (χ1) is 12.4. The second kappa shape index (κ2) is 8.81. The van der Waals surface area contributed by atoms with Gasteiger partial charge in [0.15, 0.2) is 5.78 Å². The van der Waals surface area contributed by atoms with Gasteiger partial charge in [0.05, 0.1) is 24.1 Å². The average Bonchev–Trinajstić information content (AvgIpc) is 3.04. The van der Waals surface area contributed by atoms with E-state index in [4.69, 9.17) is 4.74 Å². The Morgan fingerprint density at radius 3 is 2.73 bits per heavy atom. The highest BCUT2D eigenvalue weighted by atomic mass is 16.5. The summed E-state index contributed by atoms with van der Waals surface area (Å²) in [4.78, 5) is 14.6. The van der Waals surface area contributed by atoms with Crippen LogP contribution in [0.25, 0.3) is 0 Å². The lowest BCUT2D eigenvalue weighted by Crippen LogP contribution is -2.30. The number of allylic oxidation sites excluding steroid dienone is 4. The van der Waals surface area contributed by atoms with Gasteiger partial charge < -0.3 is 9.64 Å². The summed E-state index contributed by atoms with van der Waals surface area (Å²) in [5.74, 6) is 0.169. The standard InChI is InChI=1S/C21H29N3O2/c1-7-10-20(25)19-13-18(8-2)24(9-3)21(15(19)4)16(5)26-14-17-11-12-23(6)22-17/h8-9,11-13,16H,3,7,10,14H2,1-2,4-6H3/b18-8-. The topological polar surface area (TPSA) is 47.4 Å². The summed E-state index contributed by atoms with van der Waals surface area (Å²) < 4.78 is 7.83. The van der Waals surface area contributed by atoms with Crippen LogP contribution >= 0.6 is 0 Å². The lowest BCUT2D eigenvalue weighted by molar-refractivity contribution is -0.115. The summed E-state index contributed by atoms with van der Waals surface area (Å²) in [6, 6.07) is 1.94. The Bertz CT molecular complexity index is 768. The van der Waals surface area contributed by atoms with Gasteiger partial charge in [0, 0.05) is 37.1 Å². The van der Waals surface area contributed by atoms with E-state index < -0.39 is 0 Å². The molecule has 0 saturated heterocycles. The highest BCUT2D eigenvalue weighted by Crippen LogP contribution is 2.33. The van der Waals surface area contributed by atoms with Gasteiger partial charge in [0.1, 0.15) is 0 Å². The van der Waals surface area contributed by atoms with Crippen LogP contribution in [-0.4, -0.2) is 26.6 Å². The van der Waals surface area contributed by atoms with Crippen molar-refractivity contribution in [3.8, 4) is 0 Å². The summed E-state index contributed by atoms with van der Waals surface area (Å²) in [6.07, 6.45) is 8.77. The number of carbonyl (C=O) groups is 1. The predicted octanol–water partition coefficient (Wildman–Crippen LogP) is 4.26. The Balaban J connectivity index is 2.32. The number of aromatic nitrogens is 2. The van der Waals surface area contributed by atoms with Gasteiger partial charge in [-0.2, -0.15) is 5.10 Å². The molecule has 0 radical (unpaired) electrons. The molecular formula is C21H29N3O2. The SMILES string of the molecule is C=CN1C(C(C)OCc2ccn(C)n2)=C(C)C(C(=O)CCC)=C/C1=C/C. The fraction of sp³-hybridized carbons (Fsp3) is 0.429. The van der Waals surface area contributed by atoms with E-state index in [1.165, 1.54) is 0 Å². The second-order valence-electron chi connectivity index (χ2n) is 6.44. The van der Waals surface area contributed by atoms with E-state index >= 15 is 0 Å². The van der Waals surface area contributed by atoms with Crippen LogP contribution in [0.2, 0.25) is 0 Å². The molecule has 26 heavy (non-hydrogen) atoms. The monoisotopic (exact) mass is 355 g/mol. The van der Waals surface area contributed by atoms with E-state index in [0.29, 0.717) is 13.0 Å². The van der Waals surface area contributed by atoms with Crippen molar-refractivity contribution in [2.24, 2.45) is 7.05 Å². The molecule has 0 aromatic carbocycles. The molecule has 1 aliphatic heterocycles. The summed E-state index contributed by atoms with van der Waals surface area (Å²) >= 11 is 0. The van der Waals surface area contributed by atoms with E-state index in [2.05, 4.69) is 11.7 Å². The van der Waals surface area contributed by atoms with Gasteiger partial charge in [-0.1, -0.05) is 19.6 Å². The smallest absolute Gasteiger partial charge is 0.163 e. The molecule has 0 spiro atoms. The molecule has 1 atom stereocenters. The van der Waals surface area contributed by atoms with Crippen molar-refractivity contribution < 1.29 is 9.53 Å². The number of ketones is 1. The zero-order chi connectivity index (χ0) is 19.3. The van der Waals surface area contributed by atoms with Crippen molar-refractivity contribution in [1.29, 1.82) is 0 Å². The highest BCUT2D eigenvalue weighted by Gasteiger charge is 2.28. The predicted molar refractivity (Wildman–Crippen MR) is 104 cm³/mol. The molecule has 0 N–H and O–H groups in total. The Morgan fingerprint density at radius 1 is 1.46 bits per heavy atom. The molecule has 1 aliphatic rings. The van der Waals surface area contributed by atoms with E-state index in [1.54, 1.807) is 10.9 Å². The minimum atomic E-state index is -0.205. The third-order valence-corrected chi connectivity index (χ3v) is 4.51. The summed E-state index contributed by atoms with van der Waals surface area (Å²) in [5, 5.41) is 4.35. The van der Waals surface area contributed by atoms with Gasteiger partial charge >= 0.3 is 0 Å². The highest BCUT2D eigenvalue weighted by molar-refractivity contribution is 6.00. The van der Waals surface area contributed by atoms with Crippen LogP contribution in [0.15, 0.2) is 59.7 Å². The normalized spacial score (nSPS) is 17.5. The van der Waals surface area contributed by atoms with Gasteiger partial charge in [-0.25, -0.2) is 0 Å². The molecule has 5 nitrogen and oxygen atoms in total. The Morgan fingerprint density at radius 2 is 2.19 bits per heavy atom. The van der Waals surface area contributed by atoms with Crippen LogP contribution in [0.3, 0.4) is 0 Å². The van der Waals surface area contributed by atoms with Gasteiger partial charge in [0.2, 0.25) is 0 Å².